The van der Waals surface area contributed by atoms with Gasteiger partial charge in [-0.15, -0.1) is 0 Å². The van der Waals surface area contributed by atoms with Crippen LogP contribution in [0.25, 0.3) is 0 Å². The van der Waals surface area contributed by atoms with Crippen LogP contribution < -0.4 is 4.74 Å². The van der Waals surface area contributed by atoms with Crippen molar-refractivity contribution in [2.24, 2.45) is 0 Å². The third-order valence-electron chi connectivity index (χ3n) is 6.81. The molecule has 1 aromatic heterocycles. The molecule has 1 aromatic carbocycles. The number of aryl methyl sites for hydroxylation is 3. The molecule has 0 radical (unpaired) electrons. The lowest BCUT2D eigenvalue weighted by Gasteiger charge is -2.43. The molecule has 36 heavy (non-hydrogen) atoms. The zero-order valence-corrected chi connectivity index (χ0v) is 22.3. The van der Waals surface area contributed by atoms with Gasteiger partial charge in [-0.3, -0.25) is 9.59 Å². The highest BCUT2D eigenvalue weighted by molar-refractivity contribution is 6.31. The summed E-state index contributed by atoms with van der Waals surface area (Å²) in [5.41, 5.74) is -0.0635. The summed E-state index contributed by atoms with van der Waals surface area (Å²) in [4.78, 5) is 36.7. The monoisotopic (exact) mass is 518 g/mol. The summed E-state index contributed by atoms with van der Waals surface area (Å²) in [7, 11) is 2.05. The Morgan fingerprint density at radius 1 is 1.08 bits per heavy atom. The molecule has 2 aliphatic heterocycles. The van der Waals surface area contributed by atoms with Crippen molar-refractivity contribution in [3.63, 3.8) is 0 Å². The Balaban J connectivity index is 1.50. The van der Waals surface area contributed by atoms with Crippen LogP contribution in [0, 0.1) is 20.8 Å². The van der Waals surface area contributed by atoms with Gasteiger partial charge in [0.05, 0.1) is 19.6 Å². The molecule has 2 saturated heterocycles. The number of aromatic nitrogens is 3. The van der Waals surface area contributed by atoms with Crippen LogP contribution in [0.15, 0.2) is 18.2 Å². The zero-order chi connectivity index (χ0) is 25.9. The molecule has 0 aliphatic carbocycles. The van der Waals surface area contributed by atoms with Gasteiger partial charge in [0, 0.05) is 37.7 Å². The standard InChI is InChI=1S/C25H35ClN6O4/c1-18-13-21(5-6-22(18)26)35-17-25(14-23(33)30-9-7-29(4)8-10-30)16-31(11-12-36-25)24(34)15-32-20(3)27-19(2)28-32/h5-6,13H,7-12,14-17H2,1-4H3. The van der Waals surface area contributed by atoms with E-state index in [1.165, 1.54) is 0 Å². The van der Waals surface area contributed by atoms with E-state index in [0.717, 1.165) is 18.7 Å². The molecule has 2 aliphatic rings. The average molecular weight is 519 g/mol. The summed E-state index contributed by atoms with van der Waals surface area (Å²) in [5.74, 6) is 1.87. The first-order chi connectivity index (χ1) is 17.1. The van der Waals surface area contributed by atoms with Crippen molar-refractivity contribution < 1.29 is 19.1 Å². The molecule has 0 bridgehead atoms. The maximum atomic E-state index is 13.3. The maximum Gasteiger partial charge on any atom is 0.244 e. The van der Waals surface area contributed by atoms with E-state index in [0.29, 0.717) is 48.7 Å². The van der Waals surface area contributed by atoms with Crippen LogP contribution in [0.5, 0.6) is 5.75 Å². The summed E-state index contributed by atoms with van der Waals surface area (Å²) in [6.45, 7) is 9.80. The molecule has 196 valence electrons. The number of hydrogen-bond donors (Lipinski definition) is 0. The molecule has 2 fully saturated rings. The first-order valence-corrected chi connectivity index (χ1v) is 12.7. The van der Waals surface area contributed by atoms with E-state index in [2.05, 4.69) is 22.0 Å². The molecule has 3 heterocycles. The number of nitrogens with zero attached hydrogens (tertiary/aromatic N) is 6. The maximum absolute atomic E-state index is 13.3. The van der Waals surface area contributed by atoms with Gasteiger partial charge in [0.15, 0.2) is 0 Å². The van der Waals surface area contributed by atoms with Crippen LogP contribution in [0.1, 0.15) is 23.6 Å². The predicted octanol–water partition coefficient (Wildman–Crippen LogP) is 1.70. The lowest BCUT2D eigenvalue weighted by atomic mass is 9.96. The largest absolute Gasteiger partial charge is 0.490 e. The van der Waals surface area contributed by atoms with E-state index >= 15 is 0 Å². The number of carbonyl (C=O) groups is 2. The number of carbonyl (C=O) groups excluding carboxylic acids is 2. The molecule has 11 heteroatoms. The van der Waals surface area contributed by atoms with Crippen LogP contribution in [0.2, 0.25) is 5.02 Å². The fourth-order valence-corrected chi connectivity index (χ4v) is 4.72. The lowest BCUT2D eigenvalue weighted by Crippen LogP contribution is -2.59. The highest BCUT2D eigenvalue weighted by Gasteiger charge is 2.42. The first kappa shape index (κ1) is 26.4. The van der Waals surface area contributed by atoms with Gasteiger partial charge in [-0.25, -0.2) is 9.67 Å². The van der Waals surface area contributed by atoms with Crippen LogP contribution in [-0.2, 0) is 20.9 Å². The molecule has 0 spiro atoms. The molecule has 10 nitrogen and oxygen atoms in total. The van der Waals surface area contributed by atoms with Crippen LogP contribution in [0.4, 0.5) is 0 Å². The second-order valence-corrected chi connectivity index (χ2v) is 10.2. The number of likely N-dealkylation sites (N-methyl/N-ethyl adjacent to an activating group) is 1. The quantitative estimate of drug-likeness (QED) is 0.550. The molecule has 2 amide bonds. The fourth-order valence-electron chi connectivity index (χ4n) is 4.61. The van der Waals surface area contributed by atoms with Gasteiger partial charge < -0.3 is 24.2 Å². The summed E-state index contributed by atoms with van der Waals surface area (Å²) in [6, 6.07) is 5.45. The van der Waals surface area contributed by atoms with Gasteiger partial charge in [0.2, 0.25) is 11.8 Å². The number of morpholine rings is 1. The van der Waals surface area contributed by atoms with Gasteiger partial charge >= 0.3 is 0 Å². The molecule has 0 saturated carbocycles. The molecule has 0 N–H and O–H groups in total. The summed E-state index contributed by atoms with van der Waals surface area (Å²) in [6.07, 6.45) is 0.133. The van der Waals surface area contributed by atoms with Crippen molar-refractivity contribution >= 4 is 23.4 Å². The number of rotatable bonds is 7. The number of amides is 2. The van der Waals surface area contributed by atoms with Gasteiger partial charge in [-0.1, -0.05) is 11.6 Å². The Labute approximate surface area is 217 Å². The van der Waals surface area contributed by atoms with E-state index in [9.17, 15) is 9.59 Å². The van der Waals surface area contributed by atoms with E-state index in [1.807, 2.05) is 24.8 Å². The third-order valence-corrected chi connectivity index (χ3v) is 7.23. The number of ether oxygens (including phenoxy) is 2. The average Bonchev–Trinajstić information content (AvgIpc) is 3.16. The fraction of sp³-hybridized carbons (Fsp3) is 0.600. The van der Waals surface area contributed by atoms with E-state index in [4.69, 9.17) is 21.1 Å². The first-order valence-electron chi connectivity index (χ1n) is 12.3. The van der Waals surface area contributed by atoms with Crippen LogP contribution in [0.3, 0.4) is 0 Å². The van der Waals surface area contributed by atoms with Gasteiger partial charge in [0.25, 0.3) is 0 Å². The minimum atomic E-state index is -0.963. The van der Waals surface area contributed by atoms with Crippen molar-refractivity contribution in [1.82, 2.24) is 29.5 Å². The normalized spacial score (nSPS) is 21.0. The lowest BCUT2D eigenvalue weighted by molar-refractivity contribution is -0.166. The van der Waals surface area contributed by atoms with Crippen LogP contribution >= 0.6 is 11.6 Å². The zero-order valence-electron chi connectivity index (χ0n) is 21.5. The molecule has 2 aromatic rings. The molecular weight excluding hydrogens is 484 g/mol. The predicted molar refractivity (Wildman–Crippen MR) is 135 cm³/mol. The van der Waals surface area contributed by atoms with E-state index in [-0.39, 0.29) is 37.9 Å². The van der Waals surface area contributed by atoms with Gasteiger partial charge in [-0.05, 0) is 51.6 Å². The Morgan fingerprint density at radius 3 is 2.50 bits per heavy atom. The Bertz CT molecular complexity index is 1100. The summed E-state index contributed by atoms with van der Waals surface area (Å²) < 4.78 is 14.0. The number of hydrogen-bond acceptors (Lipinski definition) is 7. The number of halogens is 1. The van der Waals surface area contributed by atoms with Crippen molar-refractivity contribution in [2.75, 3.05) is 59.5 Å². The van der Waals surface area contributed by atoms with Gasteiger partial charge in [0.1, 0.15) is 36.2 Å². The van der Waals surface area contributed by atoms with Crippen LogP contribution in [-0.4, -0.2) is 106 Å². The number of benzene rings is 1. The topological polar surface area (TPSA) is 93.0 Å². The molecule has 1 unspecified atom stereocenters. The smallest absolute Gasteiger partial charge is 0.244 e. The van der Waals surface area contributed by atoms with E-state index in [1.54, 1.807) is 28.6 Å². The SMILES string of the molecule is Cc1nc(C)n(CC(=O)N2CCOC(COc3ccc(Cl)c(C)c3)(CC(=O)N3CCN(C)CC3)C2)n1. The molecular formula is C25H35ClN6O4. The van der Waals surface area contributed by atoms with Crippen molar-refractivity contribution in [3.05, 3.63) is 40.4 Å². The second kappa shape index (κ2) is 11.1. The highest BCUT2D eigenvalue weighted by atomic mass is 35.5. The van der Waals surface area contributed by atoms with Crippen molar-refractivity contribution in [3.8, 4) is 5.75 Å². The highest BCUT2D eigenvalue weighted by Crippen LogP contribution is 2.27. The Hall–Kier alpha value is -2.69. The molecule has 4 rings (SSSR count). The van der Waals surface area contributed by atoms with Crippen molar-refractivity contribution in [1.29, 1.82) is 0 Å². The minimum absolute atomic E-state index is 0.0102. The summed E-state index contributed by atoms with van der Waals surface area (Å²) >= 11 is 6.17. The summed E-state index contributed by atoms with van der Waals surface area (Å²) in [5, 5.41) is 4.97. The van der Waals surface area contributed by atoms with E-state index < -0.39 is 5.60 Å². The Morgan fingerprint density at radius 2 is 1.83 bits per heavy atom. The number of piperazine rings is 1. The minimum Gasteiger partial charge on any atom is -0.490 e. The third kappa shape index (κ3) is 6.35. The van der Waals surface area contributed by atoms with Gasteiger partial charge in [-0.2, -0.15) is 5.10 Å². The van der Waals surface area contributed by atoms with Crippen molar-refractivity contribution in [2.45, 2.75) is 39.3 Å². The Kier molecular flexibility index (Phi) is 8.17. The molecule has 1 atom stereocenters. The second-order valence-electron chi connectivity index (χ2n) is 9.77.